The SMILES string of the molecule is COc1cccc(/C=C2/SC(=O)N(c3cccc(Cl)c3)C2=O)c1OCC(=O)Nc1ccc(F)cc1. The molecular formula is C25H18ClFN2O5S. The fraction of sp³-hybridized carbons (Fsp3) is 0.0800. The highest BCUT2D eigenvalue weighted by molar-refractivity contribution is 8.19. The molecule has 178 valence electrons. The maximum absolute atomic E-state index is 13.1. The number of anilines is 2. The second kappa shape index (κ2) is 10.6. The molecule has 0 radical (unpaired) electrons. The highest BCUT2D eigenvalue weighted by Gasteiger charge is 2.36. The van der Waals surface area contributed by atoms with Crippen molar-refractivity contribution < 1.29 is 28.2 Å². The molecule has 0 aromatic heterocycles. The maximum atomic E-state index is 13.1. The predicted molar refractivity (Wildman–Crippen MR) is 133 cm³/mol. The number of halogens is 2. The number of rotatable bonds is 7. The van der Waals surface area contributed by atoms with Crippen LogP contribution in [-0.2, 0) is 9.59 Å². The molecule has 1 saturated heterocycles. The lowest BCUT2D eigenvalue weighted by atomic mass is 10.1. The Labute approximate surface area is 209 Å². The first-order valence-electron chi connectivity index (χ1n) is 10.2. The van der Waals surface area contributed by atoms with E-state index in [-0.39, 0.29) is 17.3 Å². The van der Waals surface area contributed by atoms with E-state index in [1.54, 1.807) is 36.4 Å². The van der Waals surface area contributed by atoms with Gasteiger partial charge in [0.15, 0.2) is 18.1 Å². The number of benzene rings is 3. The van der Waals surface area contributed by atoms with Crippen LogP contribution in [0.5, 0.6) is 11.5 Å². The van der Waals surface area contributed by atoms with E-state index in [1.165, 1.54) is 43.5 Å². The summed E-state index contributed by atoms with van der Waals surface area (Å²) in [5.41, 5.74) is 1.22. The van der Waals surface area contributed by atoms with Crippen LogP contribution in [0.4, 0.5) is 20.6 Å². The first kappa shape index (κ1) is 24.3. The molecule has 10 heteroatoms. The minimum Gasteiger partial charge on any atom is -0.493 e. The summed E-state index contributed by atoms with van der Waals surface area (Å²) in [4.78, 5) is 39.1. The lowest BCUT2D eigenvalue weighted by Gasteiger charge is -2.14. The first-order chi connectivity index (χ1) is 16.9. The van der Waals surface area contributed by atoms with Gasteiger partial charge in [0, 0.05) is 16.3 Å². The number of para-hydroxylation sites is 1. The maximum Gasteiger partial charge on any atom is 0.298 e. The molecule has 1 fully saturated rings. The molecule has 0 aliphatic carbocycles. The van der Waals surface area contributed by atoms with E-state index in [2.05, 4.69) is 5.32 Å². The third-order valence-electron chi connectivity index (χ3n) is 4.85. The van der Waals surface area contributed by atoms with E-state index >= 15 is 0 Å². The molecule has 3 aromatic carbocycles. The molecule has 1 N–H and O–H groups in total. The van der Waals surface area contributed by atoms with Crippen molar-refractivity contribution >= 4 is 57.9 Å². The Morgan fingerprint density at radius 1 is 1.11 bits per heavy atom. The number of carbonyl (C=O) groups is 3. The van der Waals surface area contributed by atoms with E-state index in [4.69, 9.17) is 21.1 Å². The molecule has 0 unspecified atom stereocenters. The Morgan fingerprint density at radius 3 is 2.57 bits per heavy atom. The van der Waals surface area contributed by atoms with Crippen LogP contribution in [0.2, 0.25) is 5.02 Å². The monoisotopic (exact) mass is 512 g/mol. The Balaban J connectivity index is 1.55. The minimum absolute atomic E-state index is 0.170. The summed E-state index contributed by atoms with van der Waals surface area (Å²) in [5, 5.41) is 2.53. The Bertz CT molecular complexity index is 1330. The molecule has 0 bridgehead atoms. The van der Waals surface area contributed by atoms with Crippen molar-refractivity contribution in [3.8, 4) is 11.5 Å². The number of thioether (sulfide) groups is 1. The van der Waals surface area contributed by atoms with Gasteiger partial charge in [-0.05, 0) is 66.4 Å². The van der Waals surface area contributed by atoms with Crippen LogP contribution < -0.4 is 19.7 Å². The molecule has 0 atom stereocenters. The van der Waals surface area contributed by atoms with Crippen LogP contribution in [0.25, 0.3) is 6.08 Å². The van der Waals surface area contributed by atoms with Gasteiger partial charge in [-0.3, -0.25) is 14.4 Å². The van der Waals surface area contributed by atoms with Gasteiger partial charge < -0.3 is 14.8 Å². The Kier molecular flexibility index (Phi) is 7.38. The summed E-state index contributed by atoms with van der Waals surface area (Å²) in [6.45, 7) is -0.372. The zero-order valence-corrected chi connectivity index (χ0v) is 19.9. The first-order valence-corrected chi connectivity index (χ1v) is 11.4. The largest absolute Gasteiger partial charge is 0.493 e. The van der Waals surface area contributed by atoms with Gasteiger partial charge in [-0.1, -0.05) is 29.8 Å². The highest BCUT2D eigenvalue weighted by atomic mass is 35.5. The summed E-state index contributed by atoms with van der Waals surface area (Å²) in [6, 6.07) is 16.8. The highest BCUT2D eigenvalue weighted by Crippen LogP contribution is 2.39. The van der Waals surface area contributed by atoms with Gasteiger partial charge in [-0.25, -0.2) is 9.29 Å². The van der Waals surface area contributed by atoms with Crippen LogP contribution in [-0.4, -0.2) is 30.8 Å². The second-order valence-corrected chi connectivity index (χ2v) is 8.65. The van der Waals surface area contributed by atoms with E-state index < -0.39 is 22.9 Å². The molecule has 3 amide bonds. The topological polar surface area (TPSA) is 84.9 Å². The van der Waals surface area contributed by atoms with Crippen LogP contribution in [0.3, 0.4) is 0 Å². The van der Waals surface area contributed by atoms with Gasteiger partial charge >= 0.3 is 0 Å². The summed E-state index contributed by atoms with van der Waals surface area (Å²) in [6.07, 6.45) is 1.51. The molecule has 35 heavy (non-hydrogen) atoms. The number of carbonyl (C=O) groups excluding carboxylic acids is 3. The Hall–Kier alpha value is -3.82. The zero-order chi connectivity index (χ0) is 24.9. The lowest BCUT2D eigenvalue weighted by Crippen LogP contribution is -2.27. The molecule has 1 aliphatic rings. The molecule has 3 aromatic rings. The standard InChI is InChI=1S/C25H18ClFN2O5S/c1-33-20-7-2-4-15(23(20)34-14-22(30)28-18-10-8-17(27)9-11-18)12-21-24(31)29(25(32)35-21)19-6-3-5-16(26)13-19/h2-13H,14H2,1H3,(H,28,30)/b21-12+. The summed E-state index contributed by atoms with van der Waals surface area (Å²) >= 11 is 6.78. The number of methoxy groups -OCH3 is 1. The molecule has 7 nitrogen and oxygen atoms in total. The Morgan fingerprint density at radius 2 is 1.86 bits per heavy atom. The summed E-state index contributed by atoms with van der Waals surface area (Å²) < 4.78 is 24.1. The number of hydrogen-bond donors (Lipinski definition) is 1. The fourth-order valence-electron chi connectivity index (χ4n) is 3.28. The van der Waals surface area contributed by atoms with Gasteiger partial charge in [-0.2, -0.15) is 0 Å². The fourth-order valence-corrected chi connectivity index (χ4v) is 4.29. The van der Waals surface area contributed by atoms with Crippen molar-refractivity contribution in [3.05, 3.63) is 88.0 Å². The van der Waals surface area contributed by atoms with Crippen LogP contribution >= 0.6 is 23.4 Å². The number of imide groups is 1. The normalized spacial score (nSPS) is 14.4. The number of nitrogens with one attached hydrogen (secondary N) is 1. The molecule has 1 aliphatic heterocycles. The van der Waals surface area contributed by atoms with Crippen molar-refractivity contribution in [3.63, 3.8) is 0 Å². The molecule has 1 heterocycles. The smallest absolute Gasteiger partial charge is 0.298 e. The quantitative estimate of drug-likeness (QED) is 0.406. The van der Waals surface area contributed by atoms with Gasteiger partial charge in [0.1, 0.15) is 5.82 Å². The van der Waals surface area contributed by atoms with Gasteiger partial charge in [0.2, 0.25) is 0 Å². The number of amides is 3. The number of ether oxygens (including phenoxy) is 2. The predicted octanol–water partition coefficient (Wildman–Crippen LogP) is 5.75. The second-order valence-electron chi connectivity index (χ2n) is 7.22. The molecule has 0 saturated carbocycles. The van der Waals surface area contributed by atoms with Crippen molar-refractivity contribution in [1.29, 1.82) is 0 Å². The third kappa shape index (κ3) is 5.64. The van der Waals surface area contributed by atoms with Crippen LogP contribution in [0.1, 0.15) is 5.56 Å². The molecular weight excluding hydrogens is 495 g/mol. The minimum atomic E-state index is -0.509. The lowest BCUT2D eigenvalue weighted by molar-refractivity contribution is -0.118. The molecule has 4 rings (SSSR count). The van der Waals surface area contributed by atoms with Gasteiger partial charge in [-0.15, -0.1) is 0 Å². The van der Waals surface area contributed by atoms with Gasteiger partial charge in [0.05, 0.1) is 17.7 Å². The van der Waals surface area contributed by atoms with E-state index in [0.29, 0.717) is 27.7 Å². The zero-order valence-electron chi connectivity index (χ0n) is 18.3. The van der Waals surface area contributed by atoms with Crippen molar-refractivity contribution in [1.82, 2.24) is 0 Å². The van der Waals surface area contributed by atoms with E-state index in [1.807, 2.05) is 0 Å². The van der Waals surface area contributed by atoms with E-state index in [0.717, 1.165) is 16.7 Å². The summed E-state index contributed by atoms with van der Waals surface area (Å²) in [5.74, 6) is -0.848. The van der Waals surface area contributed by atoms with Crippen molar-refractivity contribution in [2.75, 3.05) is 23.9 Å². The average Bonchev–Trinajstić information content (AvgIpc) is 3.12. The van der Waals surface area contributed by atoms with Crippen molar-refractivity contribution in [2.24, 2.45) is 0 Å². The van der Waals surface area contributed by atoms with Crippen molar-refractivity contribution in [2.45, 2.75) is 0 Å². The van der Waals surface area contributed by atoms with E-state index in [9.17, 15) is 18.8 Å². The number of hydrogen-bond acceptors (Lipinski definition) is 6. The van der Waals surface area contributed by atoms with Gasteiger partial charge in [0.25, 0.3) is 17.1 Å². The molecule has 0 spiro atoms. The van der Waals surface area contributed by atoms with Crippen LogP contribution in [0.15, 0.2) is 71.6 Å². The summed E-state index contributed by atoms with van der Waals surface area (Å²) in [7, 11) is 1.44. The van der Waals surface area contributed by atoms with Crippen LogP contribution in [0, 0.1) is 5.82 Å². The number of nitrogens with zero attached hydrogens (tertiary/aromatic N) is 1. The third-order valence-corrected chi connectivity index (χ3v) is 5.96. The average molecular weight is 513 g/mol.